The summed E-state index contributed by atoms with van der Waals surface area (Å²) in [6, 6.07) is 0.375. The van der Waals surface area contributed by atoms with Crippen molar-refractivity contribution in [2.24, 2.45) is 0 Å². The van der Waals surface area contributed by atoms with E-state index in [1.54, 1.807) is 7.11 Å². The summed E-state index contributed by atoms with van der Waals surface area (Å²) < 4.78 is 7.36. The van der Waals surface area contributed by atoms with Crippen LogP contribution in [0.4, 0.5) is 0 Å². The minimum atomic E-state index is 0.305. The largest absolute Gasteiger partial charge is 0.379 e. The Kier molecular flexibility index (Phi) is 3.18. The van der Waals surface area contributed by atoms with Crippen molar-refractivity contribution >= 4 is 15.9 Å². The van der Waals surface area contributed by atoms with Gasteiger partial charge in [-0.2, -0.15) is 0 Å². The molecule has 0 aromatic carbocycles. The summed E-state index contributed by atoms with van der Waals surface area (Å²) >= 11 is 3.36. The molecule has 1 aliphatic rings. The monoisotopic (exact) mass is 259 g/mol. The van der Waals surface area contributed by atoms with Crippen molar-refractivity contribution in [2.75, 3.05) is 7.11 Å². The summed E-state index contributed by atoms with van der Waals surface area (Å²) in [6.45, 7) is 0. The number of hydrogen-bond acceptors (Lipinski definition) is 3. The average molecular weight is 260 g/mol. The number of hydrogen-bond donors (Lipinski definition) is 0. The minimum Gasteiger partial charge on any atom is -0.379 e. The Morgan fingerprint density at radius 2 is 2.50 bits per heavy atom. The van der Waals surface area contributed by atoms with Gasteiger partial charge >= 0.3 is 0 Å². The molecular formula is C9H14BrN3O. The number of halogens is 1. The molecule has 4 nitrogen and oxygen atoms in total. The lowest BCUT2D eigenvalue weighted by atomic mass is 10.2. The van der Waals surface area contributed by atoms with E-state index >= 15 is 0 Å². The fourth-order valence-corrected chi connectivity index (χ4v) is 2.28. The maximum absolute atomic E-state index is 5.42. The van der Waals surface area contributed by atoms with Gasteiger partial charge in [-0.15, -0.1) is 5.10 Å². The van der Waals surface area contributed by atoms with Crippen molar-refractivity contribution in [1.29, 1.82) is 0 Å². The molecule has 0 radical (unpaired) electrons. The van der Waals surface area contributed by atoms with Gasteiger partial charge in [-0.1, -0.05) is 21.1 Å². The molecule has 1 aromatic heterocycles. The maximum atomic E-state index is 5.42. The lowest BCUT2D eigenvalue weighted by molar-refractivity contribution is 0.0702. The van der Waals surface area contributed by atoms with E-state index in [2.05, 4.69) is 26.2 Å². The molecule has 1 saturated carbocycles. The highest BCUT2D eigenvalue weighted by molar-refractivity contribution is 9.08. The summed E-state index contributed by atoms with van der Waals surface area (Å²) in [5.41, 5.74) is 0.978. The first-order chi connectivity index (χ1) is 6.85. The first kappa shape index (κ1) is 10.1. The maximum Gasteiger partial charge on any atom is 0.0932 e. The molecule has 1 aliphatic carbocycles. The van der Waals surface area contributed by atoms with Crippen molar-refractivity contribution in [3.8, 4) is 0 Å². The van der Waals surface area contributed by atoms with Gasteiger partial charge in [0.05, 0.1) is 17.8 Å². The van der Waals surface area contributed by atoms with Crippen LogP contribution < -0.4 is 0 Å². The van der Waals surface area contributed by atoms with Gasteiger partial charge in [-0.05, 0) is 19.3 Å². The van der Waals surface area contributed by atoms with Crippen LogP contribution in [0.1, 0.15) is 31.0 Å². The number of alkyl halides is 1. The second kappa shape index (κ2) is 4.40. The van der Waals surface area contributed by atoms with Gasteiger partial charge in [0, 0.05) is 18.6 Å². The van der Waals surface area contributed by atoms with E-state index in [1.165, 1.54) is 6.42 Å². The molecule has 0 spiro atoms. The minimum absolute atomic E-state index is 0.305. The standard InChI is InChI=1S/C9H14BrN3O/c1-14-9-4-2-3-8(9)13-6-7(5-10)11-12-13/h6,8-9H,2-5H2,1H3. The van der Waals surface area contributed by atoms with E-state index in [9.17, 15) is 0 Å². The lowest BCUT2D eigenvalue weighted by Gasteiger charge is -2.17. The second-order valence-corrected chi connectivity index (χ2v) is 4.16. The van der Waals surface area contributed by atoms with E-state index in [1.807, 2.05) is 10.9 Å². The van der Waals surface area contributed by atoms with Crippen LogP contribution in [0.3, 0.4) is 0 Å². The van der Waals surface area contributed by atoms with Crippen LogP contribution in [-0.2, 0) is 10.1 Å². The molecule has 0 amide bonds. The molecule has 5 heteroatoms. The van der Waals surface area contributed by atoms with Crippen LogP contribution in [0.25, 0.3) is 0 Å². The summed E-state index contributed by atoms with van der Waals surface area (Å²) in [4.78, 5) is 0. The van der Waals surface area contributed by atoms with Crippen molar-refractivity contribution in [1.82, 2.24) is 15.0 Å². The van der Waals surface area contributed by atoms with Gasteiger partial charge in [-0.25, -0.2) is 4.68 Å². The van der Waals surface area contributed by atoms with Gasteiger partial charge in [0.2, 0.25) is 0 Å². The Bertz CT molecular complexity index is 302. The summed E-state index contributed by atoms with van der Waals surface area (Å²) in [5.74, 6) is 0. The highest BCUT2D eigenvalue weighted by Crippen LogP contribution is 2.31. The van der Waals surface area contributed by atoms with Crippen molar-refractivity contribution in [3.05, 3.63) is 11.9 Å². The summed E-state index contributed by atoms with van der Waals surface area (Å²) in [7, 11) is 1.77. The zero-order chi connectivity index (χ0) is 9.97. The number of nitrogens with zero attached hydrogens (tertiary/aromatic N) is 3. The molecule has 1 aromatic rings. The number of rotatable bonds is 3. The Morgan fingerprint density at radius 3 is 3.14 bits per heavy atom. The van der Waals surface area contributed by atoms with E-state index in [4.69, 9.17) is 4.74 Å². The van der Waals surface area contributed by atoms with Crippen molar-refractivity contribution in [3.63, 3.8) is 0 Å². The Labute approximate surface area is 91.8 Å². The van der Waals surface area contributed by atoms with Gasteiger partial charge in [0.15, 0.2) is 0 Å². The molecule has 78 valence electrons. The van der Waals surface area contributed by atoms with Gasteiger partial charge in [0.1, 0.15) is 0 Å². The molecule has 0 N–H and O–H groups in total. The molecular weight excluding hydrogens is 246 g/mol. The molecule has 14 heavy (non-hydrogen) atoms. The fourth-order valence-electron chi connectivity index (χ4n) is 2.02. The molecule has 2 rings (SSSR count). The van der Waals surface area contributed by atoms with Crippen LogP contribution in [0.15, 0.2) is 6.20 Å². The van der Waals surface area contributed by atoms with E-state index in [0.29, 0.717) is 12.1 Å². The summed E-state index contributed by atoms with van der Waals surface area (Å²) in [6.07, 6.45) is 5.79. The molecule has 1 heterocycles. The van der Waals surface area contributed by atoms with Gasteiger partial charge < -0.3 is 4.74 Å². The predicted octanol–water partition coefficient (Wildman–Crippen LogP) is 1.91. The van der Waals surface area contributed by atoms with Crippen molar-refractivity contribution in [2.45, 2.75) is 36.7 Å². The number of methoxy groups -OCH3 is 1. The number of aromatic nitrogens is 3. The van der Waals surface area contributed by atoms with E-state index in [0.717, 1.165) is 23.9 Å². The Morgan fingerprint density at radius 1 is 1.64 bits per heavy atom. The quantitative estimate of drug-likeness (QED) is 0.779. The zero-order valence-corrected chi connectivity index (χ0v) is 9.77. The van der Waals surface area contributed by atoms with Crippen LogP contribution in [0.2, 0.25) is 0 Å². The lowest BCUT2D eigenvalue weighted by Crippen LogP contribution is -2.21. The van der Waals surface area contributed by atoms with Gasteiger partial charge in [-0.3, -0.25) is 0 Å². The molecule has 0 bridgehead atoms. The molecule has 0 aliphatic heterocycles. The smallest absolute Gasteiger partial charge is 0.0932 e. The van der Waals surface area contributed by atoms with E-state index in [-0.39, 0.29) is 0 Å². The first-order valence-electron chi connectivity index (χ1n) is 4.84. The average Bonchev–Trinajstić information content (AvgIpc) is 2.85. The first-order valence-corrected chi connectivity index (χ1v) is 5.96. The van der Waals surface area contributed by atoms with Crippen molar-refractivity contribution < 1.29 is 4.74 Å². The molecule has 2 unspecified atom stereocenters. The normalized spacial score (nSPS) is 27.0. The fraction of sp³-hybridized carbons (Fsp3) is 0.778. The second-order valence-electron chi connectivity index (χ2n) is 3.60. The third-order valence-electron chi connectivity index (χ3n) is 2.75. The predicted molar refractivity (Wildman–Crippen MR) is 56.3 cm³/mol. The van der Waals surface area contributed by atoms with E-state index < -0.39 is 0 Å². The van der Waals surface area contributed by atoms with Crippen LogP contribution in [0, 0.1) is 0 Å². The highest BCUT2D eigenvalue weighted by atomic mass is 79.9. The van der Waals surface area contributed by atoms with Gasteiger partial charge in [0.25, 0.3) is 0 Å². The summed E-state index contributed by atoms with van der Waals surface area (Å²) in [5, 5.41) is 8.94. The molecule has 2 atom stereocenters. The Hall–Kier alpha value is -0.420. The van der Waals surface area contributed by atoms with Crippen LogP contribution >= 0.6 is 15.9 Å². The number of ether oxygens (including phenoxy) is 1. The van der Waals surface area contributed by atoms with Crippen LogP contribution in [0.5, 0.6) is 0 Å². The Balaban J connectivity index is 2.13. The highest BCUT2D eigenvalue weighted by Gasteiger charge is 2.29. The van der Waals surface area contributed by atoms with Crippen LogP contribution in [-0.4, -0.2) is 28.2 Å². The zero-order valence-electron chi connectivity index (χ0n) is 8.19. The topological polar surface area (TPSA) is 39.9 Å². The third kappa shape index (κ3) is 1.83. The molecule has 0 saturated heterocycles. The third-order valence-corrected chi connectivity index (χ3v) is 3.33. The molecule has 1 fully saturated rings. The SMILES string of the molecule is COC1CCCC1n1cc(CBr)nn1.